The van der Waals surface area contributed by atoms with Gasteiger partial charge in [-0.05, 0) is 25.0 Å². The van der Waals surface area contributed by atoms with Gasteiger partial charge in [0.05, 0.1) is 0 Å². The summed E-state index contributed by atoms with van der Waals surface area (Å²) in [6.07, 6.45) is 3.40. The largest absolute Gasteiger partial charge is 0.365 e. The second-order valence-electron chi connectivity index (χ2n) is 3.98. The number of carbonyl (C=O) groups excluding carboxylic acids is 1. The van der Waals surface area contributed by atoms with E-state index in [1.54, 1.807) is 18.2 Å². The van der Waals surface area contributed by atoms with Crippen LogP contribution in [0.25, 0.3) is 0 Å². The number of amides is 1. The van der Waals surface area contributed by atoms with Gasteiger partial charge in [0.25, 0.3) is 0 Å². The fourth-order valence-electron chi connectivity index (χ4n) is 1.56. The van der Waals surface area contributed by atoms with Gasteiger partial charge in [0.2, 0.25) is 5.91 Å². The molecule has 2 N–H and O–H groups in total. The lowest BCUT2D eigenvalue weighted by molar-refractivity contribution is -0.120. The molecular formula is C13H20N4O. The molecule has 1 amide bonds. The molecule has 0 fully saturated rings. The van der Waals surface area contributed by atoms with Crippen molar-refractivity contribution < 1.29 is 4.79 Å². The molecule has 0 atom stereocenters. The third-order valence-corrected chi connectivity index (χ3v) is 2.70. The highest BCUT2D eigenvalue weighted by Gasteiger charge is 2.14. The van der Waals surface area contributed by atoms with Gasteiger partial charge >= 0.3 is 0 Å². The Hall–Kier alpha value is -1.91. The van der Waals surface area contributed by atoms with Crippen LogP contribution in [0.15, 0.2) is 24.8 Å². The molecule has 98 valence electrons. The summed E-state index contributed by atoms with van der Waals surface area (Å²) in [5.41, 5.74) is 0. The molecule has 1 aromatic heterocycles. The van der Waals surface area contributed by atoms with Crippen LogP contribution in [-0.2, 0) is 4.79 Å². The van der Waals surface area contributed by atoms with E-state index < -0.39 is 0 Å². The molecular weight excluding hydrogens is 228 g/mol. The Morgan fingerprint density at radius 3 is 2.44 bits per heavy atom. The van der Waals surface area contributed by atoms with Crippen molar-refractivity contribution in [1.29, 1.82) is 0 Å². The molecule has 0 saturated heterocycles. The molecule has 0 bridgehead atoms. The molecule has 18 heavy (non-hydrogen) atoms. The van der Waals surface area contributed by atoms with E-state index in [0.29, 0.717) is 18.2 Å². The first-order valence-corrected chi connectivity index (χ1v) is 6.20. The number of nitrogens with zero attached hydrogens (tertiary/aromatic N) is 2. The second-order valence-corrected chi connectivity index (χ2v) is 3.98. The predicted molar refractivity (Wildman–Crippen MR) is 73.4 cm³/mol. The lowest BCUT2D eigenvalue weighted by Gasteiger charge is -2.11. The van der Waals surface area contributed by atoms with Gasteiger partial charge in [0, 0.05) is 12.5 Å². The molecule has 0 aliphatic heterocycles. The molecule has 0 spiro atoms. The molecule has 0 saturated carbocycles. The van der Waals surface area contributed by atoms with Gasteiger partial charge in [-0.15, -0.1) is 16.8 Å². The van der Waals surface area contributed by atoms with Gasteiger partial charge in [-0.1, -0.05) is 19.9 Å². The zero-order valence-electron chi connectivity index (χ0n) is 10.9. The number of hydrogen-bond acceptors (Lipinski definition) is 4. The van der Waals surface area contributed by atoms with Gasteiger partial charge < -0.3 is 10.6 Å². The standard InChI is InChI=1S/C13H20N4O/c1-4-9-14-11-7-8-12(17-16-11)15-13(18)10(5-2)6-3/h4,7-8,10H,1,5-6,9H2,2-3H3,(H,14,16)(H,15,17,18). The average Bonchev–Trinajstić information content (AvgIpc) is 2.39. The van der Waals surface area contributed by atoms with E-state index in [9.17, 15) is 4.79 Å². The summed E-state index contributed by atoms with van der Waals surface area (Å²) < 4.78 is 0. The lowest BCUT2D eigenvalue weighted by Crippen LogP contribution is -2.22. The van der Waals surface area contributed by atoms with E-state index in [1.807, 2.05) is 13.8 Å². The molecule has 1 rings (SSSR count). The van der Waals surface area contributed by atoms with Crippen LogP contribution in [0.4, 0.5) is 11.6 Å². The van der Waals surface area contributed by atoms with Crippen LogP contribution in [0.5, 0.6) is 0 Å². The highest BCUT2D eigenvalue weighted by atomic mass is 16.1. The van der Waals surface area contributed by atoms with Crippen LogP contribution >= 0.6 is 0 Å². The Balaban J connectivity index is 2.57. The van der Waals surface area contributed by atoms with Crippen molar-refractivity contribution in [2.24, 2.45) is 5.92 Å². The number of nitrogens with one attached hydrogen (secondary N) is 2. The van der Waals surface area contributed by atoms with Crippen LogP contribution < -0.4 is 10.6 Å². The first-order valence-electron chi connectivity index (χ1n) is 6.20. The monoisotopic (exact) mass is 248 g/mol. The SMILES string of the molecule is C=CCNc1ccc(NC(=O)C(CC)CC)nn1. The van der Waals surface area contributed by atoms with Crippen LogP contribution in [0.2, 0.25) is 0 Å². The van der Waals surface area contributed by atoms with Crippen LogP contribution in [-0.4, -0.2) is 22.6 Å². The molecule has 0 aliphatic carbocycles. The zero-order valence-corrected chi connectivity index (χ0v) is 10.9. The Labute approximate surface area is 108 Å². The van der Waals surface area contributed by atoms with Crippen LogP contribution in [0, 0.1) is 5.92 Å². The number of carbonyl (C=O) groups is 1. The van der Waals surface area contributed by atoms with Crippen molar-refractivity contribution in [2.75, 3.05) is 17.2 Å². The summed E-state index contributed by atoms with van der Waals surface area (Å²) in [6, 6.07) is 3.51. The minimum atomic E-state index is 0.00102. The summed E-state index contributed by atoms with van der Waals surface area (Å²) in [6.45, 7) is 8.24. The maximum absolute atomic E-state index is 11.8. The van der Waals surface area contributed by atoms with Crippen molar-refractivity contribution in [1.82, 2.24) is 10.2 Å². The Morgan fingerprint density at radius 1 is 1.33 bits per heavy atom. The molecule has 1 heterocycles. The second kappa shape index (κ2) is 7.42. The van der Waals surface area contributed by atoms with E-state index >= 15 is 0 Å². The Bertz CT molecular complexity index is 384. The van der Waals surface area contributed by atoms with Gasteiger partial charge in [-0.25, -0.2) is 0 Å². The molecule has 0 aliphatic rings. The number of hydrogen-bond donors (Lipinski definition) is 2. The molecule has 0 radical (unpaired) electrons. The Morgan fingerprint density at radius 2 is 1.94 bits per heavy atom. The van der Waals surface area contributed by atoms with E-state index in [1.165, 1.54) is 0 Å². The van der Waals surface area contributed by atoms with Crippen molar-refractivity contribution in [3.8, 4) is 0 Å². The van der Waals surface area contributed by atoms with E-state index in [4.69, 9.17) is 0 Å². The molecule has 0 unspecified atom stereocenters. The summed E-state index contributed by atoms with van der Waals surface area (Å²) in [5.74, 6) is 1.18. The van der Waals surface area contributed by atoms with Gasteiger partial charge in [0.15, 0.2) is 5.82 Å². The molecule has 5 nitrogen and oxygen atoms in total. The quantitative estimate of drug-likeness (QED) is 0.727. The summed E-state index contributed by atoms with van der Waals surface area (Å²) in [5, 5.41) is 13.7. The van der Waals surface area contributed by atoms with Crippen LogP contribution in [0.3, 0.4) is 0 Å². The van der Waals surface area contributed by atoms with Gasteiger partial charge in [-0.2, -0.15) is 0 Å². The van der Waals surface area contributed by atoms with Crippen LogP contribution in [0.1, 0.15) is 26.7 Å². The maximum atomic E-state index is 11.8. The van der Waals surface area contributed by atoms with Crippen molar-refractivity contribution in [3.05, 3.63) is 24.8 Å². The maximum Gasteiger partial charge on any atom is 0.228 e. The predicted octanol–water partition coefficient (Wildman–Crippen LogP) is 2.45. The van der Waals surface area contributed by atoms with E-state index in [2.05, 4.69) is 27.4 Å². The Kier molecular flexibility index (Phi) is 5.84. The van der Waals surface area contributed by atoms with E-state index in [0.717, 1.165) is 12.8 Å². The number of rotatable bonds is 7. The fraction of sp³-hybridized carbons (Fsp3) is 0.462. The van der Waals surface area contributed by atoms with Gasteiger partial charge in [0.1, 0.15) is 5.82 Å². The number of anilines is 2. The lowest BCUT2D eigenvalue weighted by atomic mass is 10.0. The first-order chi connectivity index (χ1) is 8.71. The molecule has 1 aromatic rings. The van der Waals surface area contributed by atoms with Crippen molar-refractivity contribution in [2.45, 2.75) is 26.7 Å². The normalized spacial score (nSPS) is 10.2. The highest BCUT2D eigenvalue weighted by Crippen LogP contribution is 2.12. The third kappa shape index (κ3) is 4.16. The smallest absolute Gasteiger partial charge is 0.228 e. The number of aromatic nitrogens is 2. The molecule has 0 aromatic carbocycles. The molecule has 5 heteroatoms. The highest BCUT2D eigenvalue weighted by molar-refractivity contribution is 5.91. The van der Waals surface area contributed by atoms with Crippen molar-refractivity contribution >= 4 is 17.5 Å². The average molecular weight is 248 g/mol. The van der Waals surface area contributed by atoms with Gasteiger partial charge in [-0.3, -0.25) is 4.79 Å². The zero-order chi connectivity index (χ0) is 13.4. The minimum absolute atomic E-state index is 0.00102. The summed E-state index contributed by atoms with van der Waals surface area (Å²) in [7, 11) is 0. The van der Waals surface area contributed by atoms with E-state index in [-0.39, 0.29) is 11.8 Å². The first kappa shape index (κ1) is 14.2. The fourth-order valence-corrected chi connectivity index (χ4v) is 1.56. The topological polar surface area (TPSA) is 66.9 Å². The summed E-state index contributed by atoms with van der Waals surface area (Å²) >= 11 is 0. The summed E-state index contributed by atoms with van der Waals surface area (Å²) in [4.78, 5) is 11.8. The van der Waals surface area contributed by atoms with Crippen molar-refractivity contribution in [3.63, 3.8) is 0 Å². The third-order valence-electron chi connectivity index (χ3n) is 2.70. The minimum Gasteiger partial charge on any atom is -0.365 e.